The van der Waals surface area contributed by atoms with Gasteiger partial charge >= 0.3 is 0 Å². The first kappa shape index (κ1) is 15.4. The predicted molar refractivity (Wildman–Crippen MR) is 93.4 cm³/mol. The molecule has 0 radical (unpaired) electrons. The van der Waals surface area contributed by atoms with E-state index in [1.807, 2.05) is 85.8 Å². The van der Waals surface area contributed by atoms with Gasteiger partial charge in [0, 0.05) is 5.56 Å². The van der Waals surface area contributed by atoms with Gasteiger partial charge in [-0.1, -0.05) is 72.3 Å². The van der Waals surface area contributed by atoms with Crippen molar-refractivity contribution in [3.63, 3.8) is 0 Å². The Kier molecular flexibility index (Phi) is 4.84. The fourth-order valence-electron chi connectivity index (χ4n) is 2.25. The lowest BCUT2D eigenvalue weighted by Gasteiger charge is -2.18. The first-order chi connectivity index (χ1) is 11.2. The van der Waals surface area contributed by atoms with Gasteiger partial charge in [-0.25, -0.2) is 0 Å². The molecule has 0 aliphatic heterocycles. The minimum atomic E-state index is -0.574. The van der Waals surface area contributed by atoms with Crippen molar-refractivity contribution in [1.29, 1.82) is 0 Å². The van der Waals surface area contributed by atoms with Gasteiger partial charge in [0.05, 0.1) is 0 Å². The maximum Gasteiger partial charge on any atom is 0.198 e. The van der Waals surface area contributed by atoms with Gasteiger partial charge in [0.1, 0.15) is 5.75 Å². The summed E-state index contributed by atoms with van der Waals surface area (Å²) in [5.74, 6) is 2.06. The summed E-state index contributed by atoms with van der Waals surface area (Å²) in [6.45, 7) is 1.97. The molecule has 2 nitrogen and oxygen atoms in total. The van der Waals surface area contributed by atoms with Crippen molar-refractivity contribution < 1.29 is 9.47 Å². The average Bonchev–Trinajstić information content (AvgIpc) is 2.59. The average molecular weight is 325 g/mol. The third-order valence-electron chi connectivity index (χ3n) is 3.43. The number of rotatable bonds is 5. The summed E-state index contributed by atoms with van der Waals surface area (Å²) in [4.78, 5) is 0. The smallest absolute Gasteiger partial charge is 0.198 e. The van der Waals surface area contributed by atoms with Crippen LogP contribution in [0.4, 0.5) is 0 Å². The fourth-order valence-corrected chi connectivity index (χ4v) is 2.48. The zero-order valence-electron chi connectivity index (χ0n) is 12.8. The van der Waals surface area contributed by atoms with Crippen LogP contribution in [0.5, 0.6) is 17.2 Å². The van der Waals surface area contributed by atoms with Crippen LogP contribution in [0.25, 0.3) is 0 Å². The molecule has 0 aromatic heterocycles. The van der Waals surface area contributed by atoms with E-state index in [0.29, 0.717) is 11.5 Å². The van der Waals surface area contributed by atoms with Crippen molar-refractivity contribution in [2.24, 2.45) is 0 Å². The van der Waals surface area contributed by atoms with Crippen molar-refractivity contribution in [1.82, 2.24) is 0 Å². The molecule has 3 aromatic carbocycles. The Labute approximate surface area is 141 Å². The van der Waals surface area contributed by atoms with Gasteiger partial charge in [0.2, 0.25) is 0 Å². The normalized spacial score (nSPS) is 11.7. The second kappa shape index (κ2) is 7.21. The van der Waals surface area contributed by atoms with Crippen LogP contribution in [0.1, 0.15) is 16.7 Å². The van der Waals surface area contributed by atoms with E-state index < -0.39 is 5.56 Å². The van der Waals surface area contributed by atoms with Crippen LogP contribution in [0.15, 0.2) is 78.9 Å². The number of hydrogen-bond donors (Lipinski definition) is 0. The number of hydrogen-bond acceptors (Lipinski definition) is 2. The van der Waals surface area contributed by atoms with Crippen LogP contribution >= 0.6 is 11.6 Å². The summed E-state index contributed by atoms with van der Waals surface area (Å²) < 4.78 is 11.9. The van der Waals surface area contributed by atoms with E-state index in [9.17, 15) is 0 Å². The standard InChI is InChI=1S/C20H17ClO2/c1-15-9-8-14-18(22-17-12-6-3-7-13-17)19(15)23-20(21)16-10-4-2-5-11-16/h2-14,20H,1H3. The van der Waals surface area contributed by atoms with Gasteiger partial charge in [0.15, 0.2) is 17.1 Å². The molecular weight excluding hydrogens is 308 g/mol. The molecule has 0 amide bonds. The SMILES string of the molecule is Cc1cccc(Oc2ccccc2)c1OC(Cl)c1ccccc1. The Morgan fingerprint density at radius 2 is 1.43 bits per heavy atom. The highest BCUT2D eigenvalue weighted by Gasteiger charge is 2.15. The van der Waals surface area contributed by atoms with Gasteiger partial charge in [-0.05, 0) is 30.7 Å². The highest BCUT2D eigenvalue weighted by atomic mass is 35.5. The van der Waals surface area contributed by atoms with Gasteiger partial charge in [-0.3, -0.25) is 0 Å². The molecule has 1 unspecified atom stereocenters. The Morgan fingerprint density at radius 1 is 0.783 bits per heavy atom. The molecule has 0 fully saturated rings. The van der Waals surface area contributed by atoms with Crippen LogP contribution in [0.2, 0.25) is 0 Å². The molecule has 0 saturated heterocycles. The van der Waals surface area contributed by atoms with E-state index in [1.165, 1.54) is 0 Å². The molecule has 0 aliphatic rings. The monoisotopic (exact) mass is 324 g/mol. The summed E-state index contributed by atoms with van der Waals surface area (Å²) in [5.41, 5.74) is 1.30. The Balaban J connectivity index is 1.86. The lowest BCUT2D eigenvalue weighted by Crippen LogP contribution is -2.03. The van der Waals surface area contributed by atoms with Crippen molar-refractivity contribution >= 4 is 11.6 Å². The van der Waals surface area contributed by atoms with Gasteiger partial charge in [-0.2, -0.15) is 0 Å². The zero-order valence-corrected chi connectivity index (χ0v) is 13.5. The second-order valence-electron chi connectivity index (χ2n) is 5.16. The second-order valence-corrected chi connectivity index (χ2v) is 5.56. The zero-order chi connectivity index (χ0) is 16.1. The van der Waals surface area contributed by atoms with Gasteiger partial charge in [-0.15, -0.1) is 0 Å². The van der Waals surface area contributed by atoms with Gasteiger partial charge in [0.25, 0.3) is 0 Å². The van der Waals surface area contributed by atoms with Crippen LogP contribution < -0.4 is 9.47 Å². The number of aryl methyl sites for hydroxylation is 1. The minimum Gasteiger partial charge on any atom is -0.466 e. The quantitative estimate of drug-likeness (QED) is 0.528. The minimum absolute atomic E-state index is 0.574. The van der Waals surface area contributed by atoms with Gasteiger partial charge < -0.3 is 9.47 Å². The van der Waals surface area contributed by atoms with Crippen LogP contribution in [0, 0.1) is 6.92 Å². The maximum absolute atomic E-state index is 6.41. The number of alkyl halides is 1. The molecule has 0 heterocycles. The third kappa shape index (κ3) is 3.85. The third-order valence-corrected chi connectivity index (χ3v) is 3.77. The summed E-state index contributed by atoms with van der Waals surface area (Å²) in [6.07, 6.45) is 0. The van der Waals surface area contributed by atoms with Crippen LogP contribution in [-0.2, 0) is 0 Å². The fraction of sp³-hybridized carbons (Fsp3) is 0.100. The van der Waals surface area contributed by atoms with E-state index in [1.54, 1.807) is 0 Å². The highest BCUT2D eigenvalue weighted by molar-refractivity contribution is 6.20. The maximum atomic E-state index is 6.41. The molecule has 0 aliphatic carbocycles. The topological polar surface area (TPSA) is 18.5 Å². The van der Waals surface area contributed by atoms with Crippen LogP contribution in [0.3, 0.4) is 0 Å². The molecule has 3 heteroatoms. The summed E-state index contributed by atoms with van der Waals surface area (Å²) in [6, 6.07) is 25.1. The number of ether oxygens (including phenoxy) is 2. The van der Waals surface area contributed by atoms with E-state index in [2.05, 4.69) is 0 Å². The van der Waals surface area contributed by atoms with Crippen molar-refractivity contribution in [3.8, 4) is 17.2 Å². The first-order valence-corrected chi connectivity index (χ1v) is 7.86. The van der Waals surface area contributed by atoms with Crippen molar-refractivity contribution in [2.45, 2.75) is 12.5 Å². The highest BCUT2D eigenvalue weighted by Crippen LogP contribution is 2.38. The summed E-state index contributed by atoms with van der Waals surface area (Å²) in [7, 11) is 0. The van der Waals surface area contributed by atoms with E-state index in [-0.39, 0.29) is 0 Å². The lowest BCUT2D eigenvalue weighted by atomic mass is 10.2. The molecule has 0 saturated carbocycles. The molecule has 0 N–H and O–H groups in total. The molecule has 0 spiro atoms. The summed E-state index contributed by atoms with van der Waals surface area (Å²) in [5, 5.41) is 0. The van der Waals surface area contributed by atoms with Crippen molar-refractivity contribution in [2.75, 3.05) is 0 Å². The molecule has 116 valence electrons. The molecule has 3 aromatic rings. The molecular formula is C20H17ClO2. The van der Waals surface area contributed by atoms with E-state index in [4.69, 9.17) is 21.1 Å². The van der Waals surface area contributed by atoms with Crippen LogP contribution in [-0.4, -0.2) is 0 Å². The Morgan fingerprint density at radius 3 is 2.13 bits per heavy atom. The lowest BCUT2D eigenvalue weighted by molar-refractivity contribution is 0.273. The van der Waals surface area contributed by atoms with Crippen molar-refractivity contribution in [3.05, 3.63) is 90.0 Å². The van der Waals surface area contributed by atoms with E-state index >= 15 is 0 Å². The number of benzene rings is 3. The number of para-hydroxylation sites is 2. The molecule has 23 heavy (non-hydrogen) atoms. The first-order valence-electron chi connectivity index (χ1n) is 7.42. The molecule has 1 atom stereocenters. The number of halogens is 1. The Hall–Kier alpha value is -2.45. The Bertz CT molecular complexity index is 757. The molecule has 3 rings (SSSR count). The van der Waals surface area contributed by atoms with E-state index in [0.717, 1.165) is 16.9 Å². The summed E-state index contributed by atoms with van der Waals surface area (Å²) >= 11 is 6.41. The predicted octanol–water partition coefficient (Wildman–Crippen LogP) is 6.10. The largest absolute Gasteiger partial charge is 0.466 e. The molecule has 0 bridgehead atoms.